The third-order valence-corrected chi connectivity index (χ3v) is 5.26. The summed E-state index contributed by atoms with van der Waals surface area (Å²) in [6.45, 7) is 3.15. The second kappa shape index (κ2) is 6.38. The predicted octanol–water partition coefficient (Wildman–Crippen LogP) is 1.11. The Morgan fingerprint density at radius 2 is 2.00 bits per heavy atom. The zero-order valence-corrected chi connectivity index (χ0v) is 12.5. The molecule has 1 aromatic carbocycles. The van der Waals surface area contributed by atoms with Crippen molar-refractivity contribution in [1.82, 2.24) is 4.31 Å². The SMILES string of the molecule is Cc1ccc(/C=C/C(=O)O)cc1S(=O)(=O)N1CCOCC1. The number of sulfonamides is 1. The molecule has 0 saturated carbocycles. The second-order valence-corrected chi connectivity index (χ2v) is 6.62. The summed E-state index contributed by atoms with van der Waals surface area (Å²) < 4.78 is 31.8. The molecule has 0 radical (unpaired) electrons. The van der Waals surface area contributed by atoms with Gasteiger partial charge in [0.05, 0.1) is 18.1 Å². The van der Waals surface area contributed by atoms with Gasteiger partial charge in [0.2, 0.25) is 10.0 Å². The summed E-state index contributed by atoms with van der Waals surface area (Å²) in [6, 6.07) is 4.86. The minimum Gasteiger partial charge on any atom is -0.478 e. The average molecular weight is 311 g/mol. The number of nitrogens with zero attached hydrogens (tertiary/aromatic N) is 1. The maximum absolute atomic E-state index is 12.6. The first-order valence-electron chi connectivity index (χ1n) is 6.51. The van der Waals surface area contributed by atoms with Crippen molar-refractivity contribution in [1.29, 1.82) is 0 Å². The lowest BCUT2D eigenvalue weighted by Gasteiger charge is -2.26. The molecule has 0 atom stereocenters. The summed E-state index contributed by atoms with van der Waals surface area (Å²) >= 11 is 0. The fourth-order valence-corrected chi connectivity index (χ4v) is 3.76. The van der Waals surface area contributed by atoms with Crippen molar-refractivity contribution in [3.05, 3.63) is 35.4 Å². The Morgan fingerprint density at radius 1 is 1.33 bits per heavy atom. The van der Waals surface area contributed by atoms with Gasteiger partial charge in [0, 0.05) is 19.2 Å². The topological polar surface area (TPSA) is 83.9 Å². The van der Waals surface area contributed by atoms with Crippen LogP contribution >= 0.6 is 0 Å². The van der Waals surface area contributed by atoms with Gasteiger partial charge in [0.25, 0.3) is 0 Å². The van der Waals surface area contributed by atoms with Crippen molar-refractivity contribution in [2.45, 2.75) is 11.8 Å². The molecule has 1 N–H and O–H groups in total. The molecule has 21 heavy (non-hydrogen) atoms. The largest absolute Gasteiger partial charge is 0.478 e. The van der Waals surface area contributed by atoms with Crippen LogP contribution in [0.4, 0.5) is 0 Å². The summed E-state index contributed by atoms with van der Waals surface area (Å²) in [7, 11) is -3.58. The minimum absolute atomic E-state index is 0.205. The third-order valence-electron chi connectivity index (χ3n) is 3.22. The van der Waals surface area contributed by atoms with Crippen LogP contribution in [0.5, 0.6) is 0 Å². The maximum Gasteiger partial charge on any atom is 0.328 e. The number of benzene rings is 1. The zero-order chi connectivity index (χ0) is 15.5. The van der Waals surface area contributed by atoms with Crippen LogP contribution < -0.4 is 0 Å². The average Bonchev–Trinajstić information content (AvgIpc) is 2.47. The Labute approximate surface area is 123 Å². The number of hydrogen-bond acceptors (Lipinski definition) is 4. The highest BCUT2D eigenvalue weighted by molar-refractivity contribution is 7.89. The molecule has 0 aliphatic carbocycles. The first kappa shape index (κ1) is 15.7. The number of hydrogen-bond donors (Lipinski definition) is 1. The van der Waals surface area contributed by atoms with Crippen molar-refractivity contribution in [2.24, 2.45) is 0 Å². The lowest BCUT2D eigenvalue weighted by molar-refractivity contribution is -0.131. The molecule has 2 rings (SSSR count). The van der Waals surface area contributed by atoms with E-state index in [0.29, 0.717) is 37.4 Å². The Bertz CT molecular complexity index is 660. The molecular formula is C14H17NO5S. The van der Waals surface area contributed by atoms with E-state index in [1.54, 1.807) is 19.1 Å². The molecule has 1 aliphatic rings. The van der Waals surface area contributed by atoms with Crippen molar-refractivity contribution in [3.63, 3.8) is 0 Å². The Morgan fingerprint density at radius 3 is 2.62 bits per heavy atom. The lowest BCUT2D eigenvalue weighted by Crippen LogP contribution is -2.40. The second-order valence-electron chi connectivity index (χ2n) is 4.71. The smallest absolute Gasteiger partial charge is 0.328 e. The summed E-state index contributed by atoms with van der Waals surface area (Å²) in [6.07, 6.45) is 2.36. The molecule has 0 bridgehead atoms. The van der Waals surface area contributed by atoms with Gasteiger partial charge in [-0.2, -0.15) is 4.31 Å². The maximum atomic E-state index is 12.6. The number of morpholine rings is 1. The summed E-state index contributed by atoms with van der Waals surface area (Å²) in [5.74, 6) is -1.08. The van der Waals surface area contributed by atoms with Crippen molar-refractivity contribution >= 4 is 22.1 Å². The van der Waals surface area contributed by atoms with E-state index in [1.165, 1.54) is 16.4 Å². The van der Waals surface area contributed by atoms with Crippen molar-refractivity contribution in [2.75, 3.05) is 26.3 Å². The monoisotopic (exact) mass is 311 g/mol. The van der Waals surface area contributed by atoms with Gasteiger partial charge in [-0.3, -0.25) is 0 Å². The fraction of sp³-hybridized carbons (Fsp3) is 0.357. The molecule has 0 spiro atoms. The number of ether oxygens (including phenoxy) is 1. The van der Waals surface area contributed by atoms with Crippen LogP contribution in [0, 0.1) is 6.92 Å². The van der Waals surface area contributed by atoms with E-state index in [1.807, 2.05) is 0 Å². The number of carboxylic acid groups (broad SMARTS) is 1. The van der Waals surface area contributed by atoms with Gasteiger partial charge in [-0.05, 0) is 30.2 Å². The van der Waals surface area contributed by atoms with E-state index in [2.05, 4.69) is 0 Å². The Balaban J connectivity index is 2.37. The summed E-state index contributed by atoms with van der Waals surface area (Å²) in [5, 5.41) is 8.64. The van der Waals surface area contributed by atoms with Crippen LogP contribution in [0.3, 0.4) is 0 Å². The van der Waals surface area contributed by atoms with Crippen LogP contribution in [0.2, 0.25) is 0 Å². The van der Waals surface area contributed by atoms with Crippen molar-refractivity contribution < 1.29 is 23.1 Å². The number of aliphatic carboxylic acids is 1. The van der Waals surface area contributed by atoms with Gasteiger partial charge in [0.15, 0.2) is 0 Å². The van der Waals surface area contributed by atoms with E-state index in [-0.39, 0.29) is 4.90 Å². The molecule has 1 fully saturated rings. The molecule has 0 amide bonds. The Kier molecular flexibility index (Phi) is 4.76. The quantitative estimate of drug-likeness (QED) is 0.842. The van der Waals surface area contributed by atoms with Gasteiger partial charge < -0.3 is 9.84 Å². The van der Waals surface area contributed by atoms with Gasteiger partial charge in [0.1, 0.15) is 0 Å². The van der Waals surface area contributed by atoms with E-state index in [9.17, 15) is 13.2 Å². The number of carbonyl (C=O) groups is 1. The standard InChI is InChI=1S/C14H17NO5S/c1-11-2-3-12(4-5-14(16)17)10-13(11)21(18,19)15-6-8-20-9-7-15/h2-5,10H,6-9H2,1H3,(H,16,17)/b5-4+. The van der Waals surface area contributed by atoms with Crippen LogP contribution in [0.1, 0.15) is 11.1 Å². The van der Waals surface area contributed by atoms with Gasteiger partial charge in [-0.25, -0.2) is 13.2 Å². The predicted molar refractivity (Wildman–Crippen MR) is 77.4 cm³/mol. The summed E-state index contributed by atoms with van der Waals surface area (Å²) in [5.41, 5.74) is 1.17. The van der Waals surface area contributed by atoms with Crippen LogP contribution in [0.25, 0.3) is 6.08 Å². The Hall–Kier alpha value is -1.70. The first-order valence-corrected chi connectivity index (χ1v) is 7.95. The van der Waals surface area contributed by atoms with Crippen molar-refractivity contribution in [3.8, 4) is 0 Å². The molecule has 114 valence electrons. The number of carboxylic acids is 1. The molecule has 0 aromatic heterocycles. The third kappa shape index (κ3) is 3.69. The van der Waals surface area contributed by atoms with Crippen LogP contribution in [0.15, 0.2) is 29.2 Å². The lowest BCUT2D eigenvalue weighted by atomic mass is 10.1. The van der Waals surface area contributed by atoms with E-state index in [4.69, 9.17) is 9.84 Å². The molecular weight excluding hydrogens is 294 g/mol. The highest BCUT2D eigenvalue weighted by Crippen LogP contribution is 2.22. The zero-order valence-electron chi connectivity index (χ0n) is 11.7. The molecule has 1 heterocycles. The highest BCUT2D eigenvalue weighted by atomic mass is 32.2. The van der Waals surface area contributed by atoms with Gasteiger partial charge in [-0.1, -0.05) is 12.1 Å². The van der Waals surface area contributed by atoms with Crippen LogP contribution in [-0.4, -0.2) is 50.1 Å². The summed E-state index contributed by atoms with van der Waals surface area (Å²) in [4.78, 5) is 10.7. The molecule has 1 aliphatic heterocycles. The molecule has 0 unspecified atom stereocenters. The van der Waals surface area contributed by atoms with E-state index in [0.717, 1.165) is 6.08 Å². The van der Waals surface area contributed by atoms with Gasteiger partial charge in [-0.15, -0.1) is 0 Å². The minimum atomic E-state index is -3.58. The molecule has 7 heteroatoms. The van der Waals surface area contributed by atoms with E-state index < -0.39 is 16.0 Å². The molecule has 1 aromatic rings. The first-order chi connectivity index (χ1) is 9.91. The highest BCUT2D eigenvalue weighted by Gasteiger charge is 2.27. The normalized spacial score (nSPS) is 17.2. The molecule has 6 nitrogen and oxygen atoms in total. The van der Waals surface area contributed by atoms with E-state index >= 15 is 0 Å². The molecule has 1 saturated heterocycles. The fourth-order valence-electron chi connectivity index (χ4n) is 2.09. The van der Waals surface area contributed by atoms with Crippen LogP contribution in [-0.2, 0) is 19.6 Å². The number of rotatable bonds is 4. The number of aryl methyl sites for hydroxylation is 1. The van der Waals surface area contributed by atoms with Gasteiger partial charge >= 0.3 is 5.97 Å².